The Morgan fingerprint density at radius 3 is 2.51 bits per heavy atom. The standard InChI is InChI=1S/C23H20ClN5O5S/c1-3-28-21(32)27-20(29(23(28)33)11-14-4-6-15(24)7-5-14)25-16-8-9-18(13(2)10-16)34-22-26-17(12-35-22)19(30)31/h4-10,12H,3,11H2,1-2H3,(H,30,31)(H,25,27,32). The van der Waals surface area contributed by atoms with Gasteiger partial charge >= 0.3 is 17.3 Å². The Balaban J connectivity index is 1.64. The maximum atomic E-state index is 13.0. The van der Waals surface area contributed by atoms with Crippen LogP contribution in [-0.4, -0.2) is 30.2 Å². The van der Waals surface area contributed by atoms with E-state index in [1.807, 2.05) is 0 Å². The van der Waals surface area contributed by atoms with Gasteiger partial charge in [0.1, 0.15) is 5.75 Å². The summed E-state index contributed by atoms with van der Waals surface area (Å²) >= 11 is 7.04. The number of carbonyl (C=O) groups is 1. The average molecular weight is 514 g/mol. The highest BCUT2D eigenvalue weighted by Gasteiger charge is 2.15. The molecule has 35 heavy (non-hydrogen) atoms. The number of ether oxygens (including phenoxy) is 1. The number of nitrogens with one attached hydrogen (secondary N) is 1. The van der Waals surface area contributed by atoms with Crippen molar-refractivity contribution in [2.45, 2.75) is 26.9 Å². The summed E-state index contributed by atoms with van der Waals surface area (Å²) in [6.45, 7) is 3.88. The fraction of sp³-hybridized carbons (Fsp3) is 0.174. The summed E-state index contributed by atoms with van der Waals surface area (Å²) in [5.41, 5.74) is 0.877. The number of aromatic nitrogens is 4. The lowest BCUT2D eigenvalue weighted by Crippen LogP contribution is -2.42. The Morgan fingerprint density at radius 2 is 1.89 bits per heavy atom. The summed E-state index contributed by atoms with van der Waals surface area (Å²) in [6, 6.07) is 12.2. The monoisotopic (exact) mass is 513 g/mol. The molecule has 2 N–H and O–H groups in total. The molecule has 0 atom stereocenters. The highest BCUT2D eigenvalue weighted by atomic mass is 35.5. The summed E-state index contributed by atoms with van der Waals surface area (Å²) < 4.78 is 8.15. The minimum Gasteiger partial charge on any atom is -0.476 e. The van der Waals surface area contributed by atoms with Crippen LogP contribution < -0.4 is 21.4 Å². The van der Waals surface area contributed by atoms with Crippen LogP contribution in [0.15, 0.2) is 57.4 Å². The summed E-state index contributed by atoms with van der Waals surface area (Å²) in [5, 5.41) is 14.2. The first kappa shape index (κ1) is 24.2. The number of hydrogen-bond donors (Lipinski definition) is 2. The lowest BCUT2D eigenvalue weighted by molar-refractivity contribution is 0.0690. The van der Waals surface area contributed by atoms with Gasteiger partial charge in [0.25, 0.3) is 5.19 Å². The van der Waals surface area contributed by atoms with Gasteiger partial charge in [-0.05, 0) is 55.3 Å². The minimum atomic E-state index is -1.13. The molecule has 0 amide bonds. The number of aromatic carboxylic acids is 1. The largest absolute Gasteiger partial charge is 0.476 e. The molecule has 2 heterocycles. The molecule has 2 aromatic carbocycles. The number of aryl methyl sites for hydroxylation is 1. The first-order valence-corrected chi connectivity index (χ1v) is 11.7. The molecule has 0 spiro atoms. The smallest absolute Gasteiger partial charge is 0.355 e. The molecule has 0 aliphatic carbocycles. The molecule has 0 aliphatic heterocycles. The zero-order valence-corrected chi connectivity index (χ0v) is 20.3. The van der Waals surface area contributed by atoms with Crippen LogP contribution in [0.25, 0.3) is 0 Å². The van der Waals surface area contributed by atoms with E-state index >= 15 is 0 Å². The van der Waals surface area contributed by atoms with Gasteiger partial charge in [-0.3, -0.25) is 4.57 Å². The normalized spacial score (nSPS) is 10.8. The average Bonchev–Trinajstić information content (AvgIpc) is 3.29. The molecule has 2 aromatic heterocycles. The quantitative estimate of drug-likeness (QED) is 0.360. The molecule has 12 heteroatoms. The molecule has 0 saturated carbocycles. The van der Waals surface area contributed by atoms with Crippen molar-refractivity contribution in [1.29, 1.82) is 0 Å². The second-order valence-electron chi connectivity index (χ2n) is 7.47. The van der Waals surface area contributed by atoms with Crippen LogP contribution >= 0.6 is 22.9 Å². The van der Waals surface area contributed by atoms with Crippen molar-refractivity contribution >= 4 is 40.5 Å². The number of rotatable bonds is 8. The number of benzene rings is 2. The zero-order chi connectivity index (χ0) is 25.1. The second-order valence-corrected chi connectivity index (χ2v) is 8.73. The molecule has 0 bridgehead atoms. The van der Waals surface area contributed by atoms with Gasteiger partial charge in [-0.15, -0.1) is 0 Å². The molecule has 4 rings (SSSR count). The van der Waals surface area contributed by atoms with E-state index in [1.54, 1.807) is 56.3 Å². The summed E-state index contributed by atoms with van der Waals surface area (Å²) in [4.78, 5) is 44.5. The van der Waals surface area contributed by atoms with E-state index in [9.17, 15) is 14.4 Å². The second kappa shape index (κ2) is 10.1. The summed E-state index contributed by atoms with van der Waals surface area (Å²) in [6.07, 6.45) is 0. The van der Waals surface area contributed by atoms with E-state index in [1.165, 1.54) is 9.95 Å². The van der Waals surface area contributed by atoms with Crippen LogP contribution in [0.4, 0.5) is 11.6 Å². The Bertz CT molecular complexity index is 1510. The topological polar surface area (TPSA) is 128 Å². The van der Waals surface area contributed by atoms with Crippen molar-refractivity contribution in [3.63, 3.8) is 0 Å². The predicted octanol–water partition coefficient (Wildman–Crippen LogP) is 4.13. The lowest BCUT2D eigenvalue weighted by atomic mass is 10.2. The van der Waals surface area contributed by atoms with Crippen LogP contribution in [-0.2, 0) is 13.1 Å². The molecular weight excluding hydrogens is 494 g/mol. The van der Waals surface area contributed by atoms with Crippen LogP contribution in [0, 0.1) is 6.92 Å². The third-order valence-corrected chi connectivity index (χ3v) is 6.02. The van der Waals surface area contributed by atoms with E-state index in [0.29, 0.717) is 16.5 Å². The zero-order valence-electron chi connectivity index (χ0n) is 18.7. The molecule has 0 unspecified atom stereocenters. The highest BCUT2D eigenvalue weighted by molar-refractivity contribution is 7.11. The fourth-order valence-corrected chi connectivity index (χ4v) is 4.06. The predicted molar refractivity (Wildman–Crippen MR) is 133 cm³/mol. The maximum Gasteiger partial charge on any atom is 0.355 e. The van der Waals surface area contributed by atoms with Gasteiger partial charge in [0.05, 0.1) is 6.54 Å². The number of halogens is 1. The molecule has 10 nitrogen and oxygen atoms in total. The van der Waals surface area contributed by atoms with Gasteiger partial charge in [0, 0.05) is 22.6 Å². The van der Waals surface area contributed by atoms with Gasteiger partial charge in [0.2, 0.25) is 5.95 Å². The van der Waals surface area contributed by atoms with Crippen LogP contribution in [0.1, 0.15) is 28.5 Å². The van der Waals surface area contributed by atoms with Crippen molar-refractivity contribution in [3.05, 3.63) is 90.7 Å². The third-order valence-electron chi connectivity index (χ3n) is 5.05. The van der Waals surface area contributed by atoms with E-state index in [-0.39, 0.29) is 29.9 Å². The molecule has 4 aromatic rings. The molecule has 0 saturated heterocycles. The molecule has 0 fully saturated rings. The van der Waals surface area contributed by atoms with Crippen LogP contribution in [0.3, 0.4) is 0 Å². The molecular formula is C23H20ClN5O5S. The number of carboxylic acid groups (broad SMARTS) is 1. The first-order valence-electron chi connectivity index (χ1n) is 10.5. The maximum absolute atomic E-state index is 13.0. The van der Waals surface area contributed by atoms with E-state index in [4.69, 9.17) is 21.4 Å². The van der Waals surface area contributed by atoms with E-state index in [0.717, 1.165) is 27.0 Å². The lowest BCUT2D eigenvalue weighted by Gasteiger charge is -2.16. The van der Waals surface area contributed by atoms with Crippen molar-refractivity contribution < 1.29 is 14.6 Å². The Labute approximate surface area is 208 Å². The first-order chi connectivity index (χ1) is 16.7. The SMILES string of the molecule is CCn1c(=O)nc(Nc2ccc(Oc3nc(C(=O)O)cs3)c(C)c2)n(Cc2ccc(Cl)cc2)c1=O. The Morgan fingerprint density at radius 1 is 1.14 bits per heavy atom. The Hall–Kier alpha value is -3.96. The number of hydrogen-bond acceptors (Lipinski definition) is 8. The molecule has 0 radical (unpaired) electrons. The van der Waals surface area contributed by atoms with Crippen molar-refractivity contribution in [2.75, 3.05) is 5.32 Å². The van der Waals surface area contributed by atoms with Crippen molar-refractivity contribution in [1.82, 2.24) is 19.1 Å². The van der Waals surface area contributed by atoms with Gasteiger partial charge in [-0.25, -0.2) is 19.0 Å². The number of nitrogens with zero attached hydrogens (tertiary/aromatic N) is 4. The van der Waals surface area contributed by atoms with Crippen molar-refractivity contribution in [3.8, 4) is 10.9 Å². The fourth-order valence-electron chi connectivity index (χ4n) is 3.28. The summed E-state index contributed by atoms with van der Waals surface area (Å²) in [5.74, 6) is -0.553. The van der Waals surface area contributed by atoms with Crippen LogP contribution in [0.2, 0.25) is 5.02 Å². The molecule has 180 valence electrons. The number of anilines is 2. The Kier molecular flexibility index (Phi) is 6.99. The summed E-state index contributed by atoms with van der Waals surface area (Å²) in [7, 11) is 0. The molecule has 0 aliphatic rings. The van der Waals surface area contributed by atoms with Gasteiger partial charge in [0.15, 0.2) is 5.69 Å². The third kappa shape index (κ3) is 5.42. The van der Waals surface area contributed by atoms with Gasteiger partial charge in [-0.2, -0.15) is 9.97 Å². The van der Waals surface area contributed by atoms with Crippen LogP contribution in [0.5, 0.6) is 10.9 Å². The van der Waals surface area contributed by atoms with Crippen molar-refractivity contribution in [2.24, 2.45) is 0 Å². The number of carboxylic acids is 1. The highest BCUT2D eigenvalue weighted by Crippen LogP contribution is 2.30. The van der Waals surface area contributed by atoms with E-state index < -0.39 is 17.3 Å². The minimum absolute atomic E-state index is 0.0903. The van der Waals surface area contributed by atoms with Gasteiger partial charge < -0.3 is 15.2 Å². The van der Waals surface area contributed by atoms with E-state index in [2.05, 4.69) is 15.3 Å². The number of thiazole rings is 1. The van der Waals surface area contributed by atoms with Gasteiger partial charge in [-0.1, -0.05) is 35.1 Å².